The van der Waals surface area contributed by atoms with Crippen molar-refractivity contribution < 1.29 is 4.79 Å². The van der Waals surface area contributed by atoms with E-state index in [0.29, 0.717) is 13.1 Å². The molecule has 3 heterocycles. The van der Waals surface area contributed by atoms with Gasteiger partial charge < -0.3 is 20.1 Å². The zero-order chi connectivity index (χ0) is 17.5. The highest BCUT2D eigenvalue weighted by Crippen LogP contribution is 2.18. The fraction of sp³-hybridized carbons (Fsp3) is 0.500. The maximum Gasteiger partial charge on any atom is 0.315 e. The highest BCUT2D eigenvalue weighted by Gasteiger charge is 2.13. The number of urea groups is 1. The molecule has 0 bridgehead atoms. The number of nitrogens with zero attached hydrogens (tertiary/aromatic N) is 4. The molecule has 2 N–H and O–H groups in total. The Labute approximate surface area is 148 Å². The number of carbonyl (C=O) groups excluding carboxylic acids is 1. The third kappa shape index (κ3) is 5.20. The van der Waals surface area contributed by atoms with E-state index in [2.05, 4.69) is 31.6 Å². The van der Waals surface area contributed by atoms with Crippen molar-refractivity contribution in [1.29, 1.82) is 0 Å². The van der Waals surface area contributed by atoms with Gasteiger partial charge in [0.15, 0.2) is 0 Å². The predicted octanol–water partition coefficient (Wildman–Crippen LogP) is 2.16. The molecule has 7 heteroatoms. The van der Waals surface area contributed by atoms with Gasteiger partial charge in [0.25, 0.3) is 0 Å². The summed E-state index contributed by atoms with van der Waals surface area (Å²) in [5.74, 6) is 1.01. The fourth-order valence-electron chi connectivity index (χ4n) is 3.08. The molecule has 1 aliphatic heterocycles. The molecule has 0 saturated carbocycles. The molecule has 0 spiro atoms. The van der Waals surface area contributed by atoms with Crippen molar-refractivity contribution in [3.8, 4) is 0 Å². The molecular weight excluding hydrogens is 316 g/mol. The smallest absolute Gasteiger partial charge is 0.315 e. The number of hydrogen-bond acceptors (Lipinski definition) is 4. The van der Waals surface area contributed by atoms with Crippen LogP contribution in [-0.4, -0.2) is 39.7 Å². The first kappa shape index (κ1) is 17.3. The Morgan fingerprint density at radius 3 is 2.88 bits per heavy atom. The van der Waals surface area contributed by atoms with Crippen molar-refractivity contribution in [2.75, 3.05) is 18.0 Å². The first-order valence-corrected chi connectivity index (χ1v) is 8.91. The average Bonchev–Trinajstić information content (AvgIpc) is 3.14. The number of rotatable bonds is 6. The number of anilines is 1. The van der Waals surface area contributed by atoms with Crippen LogP contribution in [-0.2, 0) is 13.1 Å². The Morgan fingerprint density at radius 1 is 1.28 bits per heavy atom. The van der Waals surface area contributed by atoms with Crippen molar-refractivity contribution in [2.45, 2.75) is 45.3 Å². The van der Waals surface area contributed by atoms with E-state index in [4.69, 9.17) is 0 Å². The lowest BCUT2D eigenvalue weighted by atomic mass is 10.1. The summed E-state index contributed by atoms with van der Waals surface area (Å²) in [5, 5.41) is 5.86. The van der Waals surface area contributed by atoms with Crippen molar-refractivity contribution in [3.63, 3.8) is 0 Å². The maximum absolute atomic E-state index is 12.1. The van der Waals surface area contributed by atoms with E-state index in [-0.39, 0.29) is 12.1 Å². The van der Waals surface area contributed by atoms with Gasteiger partial charge in [0.1, 0.15) is 5.82 Å². The van der Waals surface area contributed by atoms with Gasteiger partial charge in [0, 0.05) is 50.8 Å². The Hall–Kier alpha value is -2.57. The van der Waals surface area contributed by atoms with Crippen molar-refractivity contribution in [2.24, 2.45) is 0 Å². The molecule has 0 aliphatic carbocycles. The van der Waals surface area contributed by atoms with E-state index < -0.39 is 0 Å². The van der Waals surface area contributed by atoms with Crippen LogP contribution in [0.5, 0.6) is 0 Å². The lowest BCUT2D eigenvalue weighted by molar-refractivity contribution is 0.236. The lowest BCUT2D eigenvalue weighted by Crippen LogP contribution is -2.42. The van der Waals surface area contributed by atoms with Crippen LogP contribution in [0.4, 0.5) is 10.6 Å². The fourth-order valence-corrected chi connectivity index (χ4v) is 3.08. The standard InChI is InChI=1S/C18H26N6O/c1-15(13-23-10-7-19-14-23)22-18(25)21-12-16-5-6-20-17(11-16)24-8-3-2-4-9-24/h5-7,10-11,14-15H,2-4,8-9,12-13H2,1H3,(H2,21,22,25)/t15-/m0/s1. The molecule has 1 fully saturated rings. The van der Waals surface area contributed by atoms with Gasteiger partial charge in [0.2, 0.25) is 0 Å². The molecular formula is C18H26N6O. The van der Waals surface area contributed by atoms with Gasteiger partial charge in [-0.05, 0) is 43.9 Å². The molecule has 2 amide bonds. The molecule has 1 aliphatic rings. The van der Waals surface area contributed by atoms with Crippen LogP contribution in [0.25, 0.3) is 0 Å². The highest BCUT2D eigenvalue weighted by atomic mass is 16.2. The summed E-state index contributed by atoms with van der Waals surface area (Å²) in [6, 6.07) is 3.88. The summed E-state index contributed by atoms with van der Waals surface area (Å²) in [5.41, 5.74) is 1.06. The summed E-state index contributed by atoms with van der Waals surface area (Å²) in [6.07, 6.45) is 10.9. The Bertz CT molecular complexity index is 666. The van der Waals surface area contributed by atoms with Crippen LogP contribution in [0.15, 0.2) is 37.1 Å². The number of carbonyl (C=O) groups is 1. The molecule has 1 saturated heterocycles. The molecule has 2 aromatic heterocycles. The quantitative estimate of drug-likeness (QED) is 0.843. The molecule has 134 valence electrons. The van der Waals surface area contributed by atoms with Gasteiger partial charge >= 0.3 is 6.03 Å². The van der Waals surface area contributed by atoms with Gasteiger partial charge in [-0.15, -0.1) is 0 Å². The van der Waals surface area contributed by atoms with E-state index >= 15 is 0 Å². The minimum atomic E-state index is -0.163. The van der Waals surface area contributed by atoms with E-state index in [9.17, 15) is 4.79 Å². The van der Waals surface area contributed by atoms with Crippen LogP contribution in [0.1, 0.15) is 31.7 Å². The Kier molecular flexibility index (Phi) is 5.87. The minimum absolute atomic E-state index is 0.0237. The van der Waals surface area contributed by atoms with Crippen LogP contribution in [0, 0.1) is 0 Å². The van der Waals surface area contributed by atoms with Crippen LogP contribution < -0.4 is 15.5 Å². The number of nitrogens with one attached hydrogen (secondary N) is 2. The third-order valence-electron chi connectivity index (χ3n) is 4.36. The Balaban J connectivity index is 1.46. The molecule has 0 aromatic carbocycles. The van der Waals surface area contributed by atoms with Crippen molar-refractivity contribution >= 4 is 11.8 Å². The largest absolute Gasteiger partial charge is 0.357 e. The number of pyridine rings is 1. The van der Waals surface area contributed by atoms with Crippen molar-refractivity contribution in [1.82, 2.24) is 25.2 Å². The van der Waals surface area contributed by atoms with Gasteiger partial charge in [-0.3, -0.25) is 0 Å². The lowest BCUT2D eigenvalue weighted by Gasteiger charge is -2.28. The first-order chi connectivity index (χ1) is 12.2. The van der Waals surface area contributed by atoms with Gasteiger partial charge in [-0.25, -0.2) is 14.8 Å². The molecule has 3 rings (SSSR count). The maximum atomic E-state index is 12.1. The van der Waals surface area contributed by atoms with Crippen LogP contribution in [0.3, 0.4) is 0 Å². The summed E-state index contributed by atoms with van der Waals surface area (Å²) in [7, 11) is 0. The summed E-state index contributed by atoms with van der Waals surface area (Å²) in [4.78, 5) is 22.9. The topological polar surface area (TPSA) is 75.1 Å². The summed E-state index contributed by atoms with van der Waals surface area (Å²) < 4.78 is 1.94. The third-order valence-corrected chi connectivity index (χ3v) is 4.36. The van der Waals surface area contributed by atoms with Gasteiger partial charge in [-0.2, -0.15) is 0 Å². The molecule has 0 unspecified atom stereocenters. The summed E-state index contributed by atoms with van der Waals surface area (Å²) in [6.45, 7) is 5.29. The van der Waals surface area contributed by atoms with E-state index in [0.717, 1.165) is 24.5 Å². The zero-order valence-electron chi connectivity index (χ0n) is 14.7. The number of piperidine rings is 1. The Morgan fingerprint density at radius 2 is 2.12 bits per heavy atom. The molecule has 1 atom stereocenters. The molecule has 25 heavy (non-hydrogen) atoms. The number of imidazole rings is 1. The SMILES string of the molecule is C[C@@H](Cn1ccnc1)NC(=O)NCc1ccnc(N2CCCCC2)c1. The highest BCUT2D eigenvalue weighted by molar-refractivity contribution is 5.74. The number of hydrogen-bond donors (Lipinski definition) is 2. The van der Waals surface area contributed by atoms with Gasteiger partial charge in [0.05, 0.1) is 6.33 Å². The van der Waals surface area contributed by atoms with Crippen molar-refractivity contribution in [3.05, 3.63) is 42.6 Å². The van der Waals surface area contributed by atoms with Gasteiger partial charge in [-0.1, -0.05) is 0 Å². The van der Waals surface area contributed by atoms with E-state index in [1.165, 1.54) is 19.3 Å². The second-order valence-electron chi connectivity index (χ2n) is 6.56. The monoisotopic (exact) mass is 342 g/mol. The average molecular weight is 342 g/mol. The van der Waals surface area contributed by atoms with Crippen LogP contribution in [0.2, 0.25) is 0 Å². The molecule has 2 aromatic rings. The first-order valence-electron chi connectivity index (χ1n) is 8.91. The number of amides is 2. The zero-order valence-corrected chi connectivity index (χ0v) is 14.7. The molecule has 7 nitrogen and oxygen atoms in total. The minimum Gasteiger partial charge on any atom is -0.357 e. The van der Waals surface area contributed by atoms with Crippen LogP contribution >= 0.6 is 0 Å². The normalized spacial score (nSPS) is 15.6. The van der Waals surface area contributed by atoms with E-state index in [1.54, 1.807) is 12.5 Å². The second-order valence-corrected chi connectivity index (χ2v) is 6.56. The van der Waals surface area contributed by atoms with E-state index in [1.807, 2.05) is 30.0 Å². The number of aromatic nitrogens is 3. The molecule has 0 radical (unpaired) electrons. The summed E-state index contributed by atoms with van der Waals surface area (Å²) >= 11 is 0. The second kappa shape index (κ2) is 8.50. The predicted molar refractivity (Wildman–Crippen MR) is 97.4 cm³/mol.